The van der Waals surface area contributed by atoms with Crippen LogP contribution in [-0.2, 0) is 0 Å². The topological polar surface area (TPSA) is 32.3 Å². The Balaban J connectivity index is 2.29. The second kappa shape index (κ2) is 6.74. The molecule has 0 aromatic heterocycles. The lowest BCUT2D eigenvalue weighted by molar-refractivity contribution is 0.286. The summed E-state index contributed by atoms with van der Waals surface area (Å²) in [6.45, 7) is 1.21. The molecule has 14 heavy (non-hydrogen) atoms. The first-order valence-corrected chi connectivity index (χ1v) is 6.08. The van der Waals surface area contributed by atoms with Crippen LogP contribution in [0.15, 0.2) is 29.2 Å². The maximum atomic E-state index is 8.60. The molecule has 0 radical (unpaired) electrons. The molecule has 78 valence electrons. The van der Waals surface area contributed by atoms with E-state index < -0.39 is 0 Å². The summed E-state index contributed by atoms with van der Waals surface area (Å²) in [6, 6.07) is 8.40. The number of anilines is 1. The van der Waals surface area contributed by atoms with Gasteiger partial charge in [-0.05, 0) is 43.4 Å². The third-order valence-corrected chi connectivity index (χ3v) is 2.75. The van der Waals surface area contributed by atoms with E-state index in [1.54, 1.807) is 11.8 Å². The quantitative estimate of drug-likeness (QED) is 0.560. The van der Waals surface area contributed by atoms with Gasteiger partial charge in [0.05, 0.1) is 0 Å². The predicted octanol–water partition coefficient (Wildman–Crippen LogP) is 2.59. The third-order valence-electron chi connectivity index (χ3n) is 2.00. The Morgan fingerprint density at radius 2 is 1.93 bits per heavy atom. The molecule has 0 bridgehead atoms. The van der Waals surface area contributed by atoms with Gasteiger partial charge in [-0.3, -0.25) is 0 Å². The van der Waals surface area contributed by atoms with Crippen LogP contribution >= 0.6 is 11.8 Å². The van der Waals surface area contributed by atoms with Crippen molar-refractivity contribution in [2.75, 3.05) is 24.7 Å². The summed E-state index contributed by atoms with van der Waals surface area (Å²) < 4.78 is 0. The monoisotopic (exact) mass is 211 g/mol. The van der Waals surface area contributed by atoms with E-state index in [0.717, 1.165) is 25.1 Å². The van der Waals surface area contributed by atoms with Crippen molar-refractivity contribution in [2.24, 2.45) is 0 Å². The zero-order chi connectivity index (χ0) is 10.2. The molecule has 1 rings (SSSR count). The first-order chi connectivity index (χ1) is 6.86. The first kappa shape index (κ1) is 11.4. The van der Waals surface area contributed by atoms with Crippen LogP contribution in [0, 0.1) is 0 Å². The molecule has 0 heterocycles. The van der Waals surface area contributed by atoms with E-state index in [1.807, 2.05) is 0 Å². The fourth-order valence-corrected chi connectivity index (χ4v) is 1.59. The minimum absolute atomic E-state index is 0.285. The normalized spacial score (nSPS) is 10.1. The number of hydrogen-bond acceptors (Lipinski definition) is 3. The second-order valence-corrected chi connectivity index (χ2v) is 3.97. The molecule has 0 unspecified atom stereocenters. The number of aliphatic hydroxyl groups excluding tert-OH is 1. The highest BCUT2D eigenvalue weighted by Gasteiger charge is 1.92. The lowest BCUT2D eigenvalue weighted by Gasteiger charge is -2.05. The highest BCUT2D eigenvalue weighted by Crippen LogP contribution is 2.17. The Morgan fingerprint density at radius 3 is 2.50 bits per heavy atom. The van der Waals surface area contributed by atoms with E-state index in [9.17, 15) is 0 Å². The van der Waals surface area contributed by atoms with E-state index >= 15 is 0 Å². The molecule has 0 spiro atoms. The lowest BCUT2D eigenvalue weighted by atomic mass is 10.3. The highest BCUT2D eigenvalue weighted by atomic mass is 32.2. The number of thioether (sulfide) groups is 1. The van der Waals surface area contributed by atoms with Crippen molar-refractivity contribution >= 4 is 17.4 Å². The van der Waals surface area contributed by atoms with Gasteiger partial charge in [-0.15, -0.1) is 11.8 Å². The van der Waals surface area contributed by atoms with E-state index in [1.165, 1.54) is 4.90 Å². The fraction of sp³-hybridized carbons (Fsp3) is 0.455. The molecule has 0 saturated heterocycles. The Kier molecular flexibility index (Phi) is 5.49. The number of nitrogens with one attached hydrogen (secondary N) is 1. The Hall–Kier alpha value is -0.670. The minimum atomic E-state index is 0.285. The van der Waals surface area contributed by atoms with E-state index in [4.69, 9.17) is 5.11 Å². The summed E-state index contributed by atoms with van der Waals surface area (Å²) in [5, 5.41) is 11.9. The Labute approximate surface area is 89.7 Å². The third kappa shape index (κ3) is 4.03. The van der Waals surface area contributed by atoms with E-state index in [2.05, 4.69) is 35.8 Å². The maximum Gasteiger partial charge on any atom is 0.0431 e. The number of unbranched alkanes of at least 4 members (excludes halogenated alkanes) is 1. The van der Waals surface area contributed by atoms with Gasteiger partial charge in [0.1, 0.15) is 0 Å². The van der Waals surface area contributed by atoms with Crippen LogP contribution in [0.25, 0.3) is 0 Å². The minimum Gasteiger partial charge on any atom is -0.396 e. The summed E-state index contributed by atoms with van der Waals surface area (Å²) in [5.74, 6) is 0. The maximum absolute atomic E-state index is 8.60. The molecule has 1 aromatic rings. The highest BCUT2D eigenvalue weighted by molar-refractivity contribution is 7.98. The van der Waals surface area contributed by atoms with Crippen molar-refractivity contribution in [3.63, 3.8) is 0 Å². The summed E-state index contributed by atoms with van der Waals surface area (Å²) in [4.78, 5) is 1.28. The van der Waals surface area contributed by atoms with Gasteiger partial charge in [0, 0.05) is 23.7 Å². The molecule has 0 amide bonds. The number of benzene rings is 1. The van der Waals surface area contributed by atoms with Crippen molar-refractivity contribution in [1.29, 1.82) is 0 Å². The lowest BCUT2D eigenvalue weighted by Crippen LogP contribution is -2.01. The van der Waals surface area contributed by atoms with Gasteiger partial charge in [0.25, 0.3) is 0 Å². The van der Waals surface area contributed by atoms with Crippen molar-refractivity contribution in [3.05, 3.63) is 24.3 Å². The number of hydrogen-bond donors (Lipinski definition) is 2. The predicted molar refractivity (Wildman–Crippen MR) is 63.0 cm³/mol. The molecule has 3 heteroatoms. The van der Waals surface area contributed by atoms with Crippen molar-refractivity contribution in [1.82, 2.24) is 0 Å². The van der Waals surface area contributed by atoms with Crippen LogP contribution < -0.4 is 5.32 Å². The van der Waals surface area contributed by atoms with Gasteiger partial charge < -0.3 is 10.4 Å². The number of aliphatic hydroxyl groups is 1. The van der Waals surface area contributed by atoms with Gasteiger partial charge in [-0.25, -0.2) is 0 Å². The van der Waals surface area contributed by atoms with E-state index in [0.29, 0.717) is 0 Å². The molecule has 0 aliphatic heterocycles. The van der Waals surface area contributed by atoms with E-state index in [-0.39, 0.29) is 6.61 Å². The number of rotatable bonds is 6. The summed E-state index contributed by atoms with van der Waals surface area (Å²) in [6.07, 6.45) is 3.96. The molecule has 0 aliphatic carbocycles. The molecular weight excluding hydrogens is 194 g/mol. The van der Waals surface area contributed by atoms with Crippen LogP contribution in [0.1, 0.15) is 12.8 Å². The first-order valence-electron chi connectivity index (χ1n) is 4.85. The standard InChI is InChI=1S/C11H17NOS/c1-14-11-6-4-10(5-7-11)12-8-2-3-9-13/h4-7,12-13H,2-3,8-9H2,1H3. The SMILES string of the molecule is CSc1ccc(NCCCCO)cc1. The second-order valence-electron chi connectivity index (χ2n) is 3.09. The molecule has 1 aromatic carbocycles. The summed E-state index contributed by atoms with van der Waals surface area (Å²) in [7, 11) is 0. The van der Waals surface area contributed by atoms with Gasteiger partial charge >= 0.3 is 0 Å². The molecule has 2 nitrogen and oxygen atoms in total. The smallest absolute Gasteiger partial charge is 0.0431 e. The zero-order valence-electron chi connectivity index (χ0n) is 8.49. The Bertz CT molecular complexity index is 248. The molecule has 0 saturated carbocycles. The average Bonchev–Trinajstić information content (AvgIpc) is 2.25. The largest absolute Gasteiger partial charge is 0.396 e. The zero-order valence-corrected chi connectivity index (χ0v) is 9.31. The van der Waals surface area contributed by atoms with Crippen LogP contribution in [0.5, 0.6) is 0 Å². The average molecular weight is 211 g/mol. The van der Waals surface area contributed by atoms with Gasteiger partial charge in [-0.2, -0.15) is 0 Å². The fourth-order valence-electron chi connectivity index (χ4n) is 1.18. The summed E-state index contributed by atoms with van der Waals surface area (Å²) in [5.41, 5.74) is 1.15. The molecule has 2 N–H and O–H groups in total. The van der Waals surface area contributed by atoms with Crippen molar-refractivity contribution < 1.29 is 5.11 Å². The van der Waals surface area contributed by atoms with Gasteiger partial charge in [0.2, 0.25) is 0 Å². The van der Waals surface area contributed by atoms with Crippen LogP contribution in [0.2, 0.25) is 0 Å². The van der Waals surface area contributed by atoms with Crippen LogP contribution in [0.4, 0.5) is 5.69 Å². The molecule has 0 aliphatic rings. The Morgan fingerprint density at radius 1 is 1.21 bits per heavy atom. The van der Waals surface area contributed by atoms with Gasteiger partial charge in [0.15, 0.2) is 0 Å². The van der Waals surface area contributed by atoms with Crippen LogP contribution in [0.3, 0.4) is 0 Å². The molecule has 0 atom stereocenters. The van der Waals surface area contributed by atoms with Gasteiger partial charge in [-0.1, -0.05) is 0 Å². The molecule has 0 fully saturated rings. The summed E-state index contributed by atoms with van der Waals surface area (Å²) >= 11 is 1.75. The van der Waals surface area contributed by atoms with Crippen molar-refractivity contribution in [3.8, 4) is 0 Å². The molecular formula is C11H17NOS. The van der Waals surface area contributed by atoms with Crippen molar-refractivity contribution in [2.45, 2.75) is 17.7 Å². The van der Waals surface area contributed by atoms with Crippen LogP contribution in [-0.4, -0.2) is 24.5 Å².